The predicted octanol–water partition coefficient (Wildman–Crippen LogP) is -0.0181. The van der Waals surface area contributed by atoms with Crippen LogP contribution in [0.2, 0.25) is 0 Å². The molecule has 5 nitrogen and oxygen atoms in total. The molecule has 3 N–H and O–H groups in total. The van der Waals surface area contributed by atoms with Gasteiger partial charge in [-0.05, 0) is 12.8 Å². The molecule has 16 heavy (non-hydrogen) atoms. The van der Waals surface area contributed by atoms with Crippen LogP contribution in [0.1, 0.15) is 19.4 Å². The van der Waals surface area contributed by atoms with Gasteiger partial charge in [-0.2, -0.15) is 5.10 Å². The fourth-order valence-electron chi connectivity index (χ4n) is 1.36. The highest BCUT2D eigenvalue weighted by atomic mass is 16.3. The van der Waals surface area contributed by atoms with E-state index in [0.717, 1.165) is 12.1 Å². The first kappa shape index (κ1) is 13.2. The summed E-state index contributed by atoms with van der Waals surface area (Å²) in [4.78, 5) is 0. The summed E-state index contributed by atoms with van der Waals surface area (Å²) in [5.41, 5.74) is 1.09. The summed E-state index contributed by atoms with van der Waals surface area (Å²) in [7, 11) is 0. The van der Waals surface area contributed by atoms with E-state index >= 15 is 0 Å². The Morgan fingerprint density at radius 2 is 2.19 bits per heavy atom. The van der Waals surface area contributed by atoms with Crippen molar-refractivity contribution in [1.82, 2.24) is 15.1 Å². The SMILES string of the molecule is CC(CO)C(C)NCc1cnn(CCO)c1. The molecule has 2 atom stereocenters. The molecule has 0 aromatic carbocycles. The summed E-state index contributed by atoms with van der Waals surface area (Å²) < 4.78 is 1.72. The van der Waals surface area contributed by atoms with Crippen LogP contribution in [0.3, 0.4) is 0 Å². The Hall–Kier alpha value is -0.910. The highest BCUT2D eigenvalue weighted by Crippen LogP contribution is 2.03. The second-order valence-electron chi connectivity index (χ2n) is 4.16. The summed E-state index contributed by atoms with van der Waals surface area (Å²) in [6, 6.07) is 0.270. The van der Waals surface area contributed by atoms with Gasteiger partial charge in [0.05, 0.1) is 19.3 Å². The Labute approximate surface area is 96.1 Å². The molecule has 0 amide bonds. The third kappa shape index (κ3) is 3.92. The van der Waals surface area contributed by atoms with E-state index in [2.05, 4.69) is 17.3 Å². The van der Waals surface area contributed by atoms with Crippen molar-refractivity contribution in [3.8, 4) is 0 Å². The molecule has 0 radical (unpaired) electrons. The molecule has 2 unspecified atom stereocenters. The summed E-state index contributed by atoms with van der Waals surface area (Å²) in [5.74, 6) is 0.243. The number of hydrogen-bond donors (Lipinski definition) is 3. The maximum atomic E-state index is 8.99. The topological polar surface area (TPSA) is 70.3 Å². The average molecular weight is 227 g/mol. The molecular weight excluding hydrogens is 206 g/mol. The Balaban J connectivity index is 2.36. The van der Waals surface area contributed by atoms with E-state index in [0.29, 0.717) is 6.54 Å². The lowest BCUT2D eigenvalue weighted by Crippen LogP contribution is -2.33. The van der Waals surface area contributed by atoms with Crippen LogP contribution in [0.25, 0.3) is 0 Å². The van der Waals surface area contributed by atoms with Gasteiger partial charge >= 0.3 is 0 Å². The average Bonchev–Trinajstić information content (AvgIpc) is 2.73. The van der Waals surface area contributed by atoms with Gasteiger partial charge in [-0.25, -0.2) is 0 Å². The van der Waals surface area contributed by atoms with E-state index in [-0.39, 0.29) is 25.2 Å². The van der Waals surface area contributed by atoms with Gasteiger partial charge in [0.25, 0.3) is 0 Å². The van der Waals surface area contributed by atoms with Gasteiger partial charge in [0.15, 0.2) is 0 Å². The van der Waals surface area contributed by atoms with Crippen LogP contribution in [0, 0.1) is 5.92 Å². The van der Waals surface area contributed by atoms with Crippen molar-refractivity contribution in [2.45, 2.75) is 33.0 Å². The fraction of sp³-hybridized carbons (Fsp3) is 0.727. The Bertz CT molecular complexity index is 301. The molecule has 0 fully saturated rings. The zero-order valence-corrected chi connectivity index (χ0v) is 9.93. The monoisotopic (exact) mass is 227 g/mol. The van der Waals surface area contributed by atoms with Crippen LogP contribution in [0.5, 0.6) is 0 Å². The normalized spacial score (nSPS) is 15.0. The van der Waals surface area contributed by atoms with Crippen molar-refractivity contribution < 1.29 is 10.2 Å². The third-order valence-corrected chi connectivity index (χ3v) is 2.79. The van der Waals surface area contributed by atoms with Gasteiger partial charge in [0, 0.05) is 31.0 Å². The number of aliphatic hydroxyl groups is 2. The molecule has 1 heterocycles. The minimum absolute atomic E-state index is 0.104. The number of aliphatic hydroxyl groups excluding tert-OH is 2. The lowest BCUT2D eigenvalue weighted by atomic mass is 10.1. The van der Waals surface area contributed by atoms with Gasteiger partial charge in [-0.3, -0.25) is 4.68 Å². The van der Waals surface area contributed by atoms with E-state index in [4.69, 9.17) is 10.2 Å². The van der Waals surface area contributed by atoms with E-state index in [9.17, 15) is 0 Å². The zero-order valence-electron chi connectivity index (χ0n) is 9.93. The standard InChI is InChI=1S/C11H21N3O2/c1-9(8-16)10(2)12-5-11-6-13-14(7-11)3-4-15/h6-7,9-10,12,15-16H,3-5,8H2,1-2H3. The molecule has 0 aliphatic heterocycles. The molecule has 0 saturated carbocycles. The molecule has 5 heteroatoms. The number of nitrogens with one attached hydrogen (secondary N) is 1. The minimum atomic E-state index is 0.104. The Kier molecular flexibility index (Phi) is 5.45. The number of rotatable bonds is 7. The largest absolute Gasteiger partial charge is 0.396 e. The summed E-state index contributed by atoms with van der Waals surface area (Å²) in [6.07, 6.45) is 3.71. The molecule has 1 rings (SSSR count). The highest BCUT2D eigenvalue weighted by molar-refractivity contribution is 5.03. The van der Waals surface area contributed by atoms with Gasteiger partial charge in [0.2, 0.25) is 0 Å². The molecule has 0 aliphatic carbocycles. The molecule has 1 aromatic rings. The predicted molar refractivity (Wildman–Crippen MR) is 61.9 cm³/mol. The maximum Gasteiger partial charge on any atom is 0.0640 e. The van der Waals surface area contributed by atoms with Gasteiger partial charge in [-0.15, -0.1) is 0 Å². The molecule has 92 valence electrons. The highest BCUT2D eigenvalue weighted by Gasteiger charge is 2.10. The van der Waals surface area contributed by atoms with E-state index in [1.54, 1.807) is 10.9 Å². The molecule has 1 aromatic heterocycles. The van der Waals surface area contributed by atoms with Crippen molar-refractivity contribution in [3.05, 3.63) is 18.0 Å². The van der Waals surface area contributed by atoms with Crippen LogP contribution >= 0.6 is 0 Å². The van der Waals surface area contributed by atoms with Crippen LogP contribution in [0.4, 0.5) is 0 Å². The summed E-state index contributed by atoms with van der Waals surface area (Å²) >= 11 is 0. The van der Waals surface area contributed by atoms with Crippen molar-refractivity contribution >= 4 is 0 Å². The smallest absolute Gasteiger partial charge is 0.0640 e. The van der Waals surface area contributed by atoms with Crippen LogP contribution in [0.15, 0.2) is 12.4 Å². The molecular formula is C11H21N3O2. The van der Waals surface area contributed by atoms with Crippen LogP contribution in [-0.4, -0.2) is 39.2 Å². The first-order valence-corrected chi connectivity index (χ1v) is 5.63. The van der Waals surface area contributed by atoms with Crippen LogP contribution in [-0.2, 0) is 13.1 Å². The van der Waals surface area contributed by atoms with Crippen LogP contribution < -0.4 is 5.32 Å². The molecule has 0 spiro atoms. The number of nitrogens with zero attached hydrogens (tertiary/aromatic N) is 2. The zero-order chi connectivity index (χ0) is 12.0. The first-order valence-electron chi connectivity index (χ1n) is 5.63. The van der Waals surface area contributed by atoms with Gasteiger partial charge in [0.1, 0.15) is 0 Å². The molecule has 0 aliphatic rings. The summed E-state index contributed by atoms with van der Waals surface area (Å²) in [6.45, 7) is 5.62. The Morgan fingerprint density at radius 3 is 2.81 bits per heavy atom. The minimum Gasteiger partial charge on any atom is -0.396 e. The molecule has 0 bridgehead atoms. The van der Waals surface area contributed by atoms with E-state index in [1.807, 2.05) is 13.1 Å². The van der Waals surface area contributed by atoms with Crippen molar-refractivity contribution in [2.75, 3.05) is 13.2 Å². The number of hydrogen-bond acceptors (Lipinski definition) is 4. The van der Waals surface area contributed by atoms with Crippen molar-refractivity contribution in [1.29, 1.82) is 0 Å². The van der Waals surface area contributed by atoms with Gasteiger partial charge in [-0.1, -0.05) is 6.92 Å². The van der Waals surface area contributed by atoms with E-state index in [1.165, 1.54) is 0 Å². The molecule has 0 saturated heterocycles. The first-order chi connectivity index (χ1) is 7.67. The lowest BCUT2D eigenvalue weighted by molar-refractivity contribution is 0.207. The second-order valence-corrected chi connectivity index (χ2v) is 4.16. The third-order valence-electron chi connectivity index (χ3n) is 2.79. The van der Waals surface area contributed by atoms with Crippen molar-refractivity contribution in [3.63, 3.8) is 0 Å². The summed E-state index contributed by atoms with van der Waals surface area (Å²) in [5, 5.41) is 25.2. The van der Waals surface area contributed by atoms with Gasteiger partial charge < -0.3 is 15.5 Å². The Morgan fingerprint density at radius 1 is 1.44 bits per heavy atom. The quantitative estimate of drug-likeness (QED) is 0.612. The number of aromatic nitrogens is 2. The van der Waals surface area contributed by atoms with E-state index < -0.39 is 0 Å². The second kappa shape index (κ2) is 6.62. The van der Waals surface area contributed by atoms with Crippen molar-refractivity contribution in [2.24, 2.45) is 5.92 Å². The fourth-order valence-corrected chi connectivity index (χ4v) is 1.36. The lowest BCUT2D eigenvalue weighted by Gasteiger charge is -2.18. The maximum absolute atomic E-state index is 8.99.